The maximum absolute atomic E-state index is 13.3. The van der Waals surface area contributed by atoms with Gasteiger partial charge in [-0.15, -0.1) is 10.2 Å². The van der Waals surface area contributed by atoms with Gasteiger partial charge >= 0.3 is 12.4 Å². The Morgan fingerprint density at radius 1 is 0.917 bits per heavy atom. The standard InChI is InChI=1S/C25H20F6N4O/c1-3-17(24(26,27)28)14-18(25(29,30)31)12-13-33-22-20-7-5-4-6-19(20)21(34-35-22)15-8-10-16(11-9-15)23(36)32-2/h3-12,14H,1,13H2,2H3,(H,32,36)(H,33,35)/b17-14+,18-12+. The van der Waals surface area contributed by atoms with E-state index in [0.29, 0.717) is 39.7 Å². The SMILES string of the molecule is C=C/C(=C\C(=C/CNc1nnc(-c2ccc(C(=O)NC)cc2)c2ccccc12)C(F)(F)F)C(F)(F)F. The van der Waals surface area contributed by atoms with Crippen LogP contribution in [0.25, 0.3) is 22.0 Å². The van der Waals surface area contributed by atoms with Gasteiger partial charge in [-0.2, -0.15) is 26.3 Å². The molecule has 0 aliphatic carbocycles. The van der Waals surface area contributed by atoms with Crippen LogP contribution in [-0.4, -0.2) is 42.0 Å². The van der Waals surface area contributed by atoms with Crippen molar-refractivity contribution < 1.29 is 31.1 Å². The first-order valence-electron chi connectivity index (χ1n) is 10.5. The highest BCUT2D eigenvalue weighted by Gasteiger charge is 2.37. The molecule has 2 N–H and O–H groups in total. The summed E-state index contributed by atoms with van der Waals surface area (Å²) in [5.74, 6) is -0.105. The minimum atomic E-state index is -5.01. The molecule has 5 nitrogen and oxygen atoms in total. The van der Waals surface area contributed by atoms with Crippen LogP contribution < -0.4 is 10.6 Å². The van der Waals surface area contributed by atoms with Crippen molar-refractivity contribution in [1.82, 2.24) is 15.5 Å². The van der Waals surface area contributed by atoms with Crippen molar-refractivity contribution in [3.05, 3.63) is 90.0 Å². The molecule has 0 saturated carbocycles. The third-order valence-electron chi connectivity index (χ3n) is 5.11. The van der Waals surface area contributed by atoms with Crippen LogP contribution in [0.2, 0.25) is 0 Å². The van der Waals surface area contributed by atoms with Gasteiger partial charge in [0.2, 0.25) is 0 Å². The lowest BCUT2D eigenvalue weighted by Gasteiger charge is -2.13. The van der Waals surface area contributed by atoms with E-state index in [9.17, 15) is 31.1 Å². The van der Waals surface area contributed by atoms with Gasteiger partial charge in [0.25, 0.3) is 5.91 Å². The van der Waals surface area contributed by atoms with Crippen molar-refractivity contribution in [2.45, 2.75) is 12.4 Å². The van der Waals surface area contributed by atoms with Crippen LogP contribution in [0.1, 0.15) is 10.4 Å². The van der Waals surface area contributed by atoms with E-state index in [1.54, 1.807) is 48.5 Å². The summed E-state index contributed by atoms with van der Waals surface area (Å²) in [7, 11) is 1.51. The second-order valence-electron chi connectivity index (χ2n) is 7.44. The number of alkyl halides is 6. The number of aromatic nitrogens is 2. The monoisotopic (exact) mass is 506 g/mol. The minimum absolute atomic E-state index is 0.00400. The number of nitrogens with one attached hydrogen (secondary N) is 2. The number of benzene rings is 2. The number of rotatable bonds is 7. The summed E-state index contributed by atoms with van der Waals surface area (Å²) in [6, 6.07) is 13.5. The summed E-state index contributed by atoms with van der Waals surface area (Å²) in [5, 5.41) is 14.6. The Morgan fingerprint density at radius 2 is 1.53 bits per heavy atom. The highest BCUT2D eigenvalue weighted by atomic mass is 19.4. The highest BCUT2D eigenvalue weighted by Crippen LogP contribution is 2.33. The molecule has 3 rings (SSSR count). The Balaban J connectivity index is 1.93. The van der Waals surface area contributed by atoms with Crippen molar-refractivity contribution in [3.8, 4) is 11.3 Å². The van der Waals surface area contributed by atoms with Crippen LogP contribution in [0.15, 0.2) is 84.5 Å². The molecular weight excluding hydrogens is 486 g/mol. The van der Waals surface area contributed by atoms with Crippen molar-refractivity contribution in [2.24, 2.45) is 0 Å². The number of anilines is 1. The van der Waals surface area contributed by atoms with E-state index >= 15 is 0 Å². The molecular formula is C25H20F6N4O. The first-order chi connectivity index (χ1) is 17.0. The van der Waals surface area contributed by atoms with E-state index in [-0.39, 0.29) is 17.8 Å². The van der Waals surface area contributed by atoms with Crippen LogP contribution >= 0.6 is 0 Å². The summed E-state index contributed by atoms with van der Waals surface area (Å²) >= 11 is 0. The molecule has 0 radical (unpaired) electrons. The average Bonchev–Trinajstić information content (AvgIpc) is 2.84. The fourth-order valence-electron chi connectivity index (χ4n) is 3.31. The van der Waals surface area contributed by atoms with E-state index in [4.69, 9.17) is 0 Å². The van der Waals surface area contributed by atoms with Gasteiger partial charge in [0.15, 0.2) is 5.82 Å². The van der Waals surface area contributed by atoms with Crippen molar-refractivity contribution in [3.63, 3.8) is 0 Å². The van der Waals surface area contributed by atoms with Gasteiger partial charge in [0.1, 0.15) is 5.69 Å². The fraction of sp³-hybridized carbons (Fsp3) is 0.160. The zero-order valence-corrected chi connectivity index (χ0v) is 18.8. The molecule has 188 valence electrons. The number of nitrogens with zero attached hydrogens (tertiary/aromatic N) is 2. The predicted molar refractivity (Wildman–Crippen MR) is 125 cm³/mol. The molecule has 1 amide bonds. The van der Waals surface area contributed by atoms with Gasteiger partial charge in [0.05, 0.1) is 11.1 Å². The Bertz CT molecular complexity index is 1330. The van der Waals surface area contributed by atoms with E-state index in [2.05, 4.69) is 27.4 Å². The maximum atomic E-state index is 13.3. The van der Waals surface area contributed by atoms with E-state index < -0.39 is 30.0 Å². The van der Waals surface area contributed by atoms with E-state index in [0.717, 1.165) is 0 Å². The van der Waals surface area contributed by atoms with Gasteiger partial charge in [-0.25, -0.2) is 0 Å². The predicted octanol–water partition coefficient (Wildman–Crippen LogP) is 6.23. The zero-order chi connectivity index (χ0) is 26.5. The molecule has 36 heavy (non-hydrogen) atoms. The molecule has 11 heteroatoms. The molecule has 0 bridgehead atoms. The van der Waals surface area contributed by atoms with Crippen LogP contribution in [0.4, 0.5) is 32.2 Å². The number of hydrogen-bond acceptors (Lipinski definition) is 4. The quantitative estimate of drug-likeness (QED) is 0.295. The molecule has 0 fully saturated rings. The normalized spacial score (nSPS) is 13.0. The summed E-state index contributed by atoms with van der Waals surface area (Å²) in [4.78, 5) is 11.8. The smallest absolute Gasteiger partial charge is 0.365 e. The summed E-state index contributed by atoms with van der Waals surface area (Å²) < 4.78 is 78.7. The van der Waals surface area contributed by atoms with Gasteiger partial charge < -0.3 is 10.6 Å². The summed E-state index contributed by atoms with van der Waals surface area (Å²) in [6.45, 7) is 2.47. The molecule has 0 aliphatic heterocycles. The second kappa shape index (κ2) is 10.6. The number of allylic oxidation sites excluding steroid dienone is 4. The topological polar surface area (TPSA) is 66.9 Å². The van der Waals surface area contributed by atoms with Crippen molar-refractivity contribution >= 4 is 22.5 Å². The van der Waals surface area contributed by atoms with Gasteiger partial charge in [0, 0.05) is 35.5 Å². The Kier molecular flexibility index (Phi) is 7.81. The average molecular weight is 506 g/mol. The summed E-state index contributed by atoms with van der Waals surface area (Å²) in [5.41, 5.74) is -1.40. The van der Waals surface area contributed by atoms with Crippen molar-refractivity contribution in [2.75, 3.05) is 18.9 Å². The third-order valence-corrected chi connectivity index (χ3v) is 5.11. The molecule has 0 atom stereocenters. The Labute approximate surface area is 202 Å². The van der Waals surface area contributed by atoms with Crippen LogP contribution in [0, 0.1) is 0 Å². The molecule has 0 spiro atoms. The summed E-state index contributed by atoms with van der Waals surface area (Å²) in [6.07, 6.45) is -9.07. The first-order valence-corrected chi connectivity index (χ1v) is 10.5. The van der Waals surface area contributed by atoms with E-state index in [1.807, 2.05) is 0 Å². The van der Waals surface area contributed by atoms with Crippen molar-refractivity contribution in [1.29, 1.82) is 0 Å². The number of fused-ring (bicyclic) bond motifs is 1. The zero-order valence-electron chi connectivity index (χ0n) is 18.8. The molecule has 0 unspecified atom stereocenters. The largest absolute Gasteiger partial charge is 0.416 e. The first kappa shape index (κ1) is 26.5. The lowest BCUT2D eigenvalue weighted by molar-refractivity contribution is -0.0934. The number of hydrogen-bond donors (Lipinski definition) is 2. The molecule has 3 aromatic rings. The molecule has 0 saturated heterocycles. The molecule has 1 heterocycles. The maximum Gasteiger partial charge on any atom is 0.416 e. The Hall–Kier alpha value is -4.15. The molecule has 0 aliphatic rings. The van der Waals surface area contributed by atoms with Crippen LogP contribution in [0.3, 0.4) is 0 Å². The van der Waals surface area contributed by atoms with E-state index in [1.165, 1.54) is 7.05 Å². The third kappa shape index (κ3) is 6.09. The number of carbonyl (C=O) groups is 1. The second-order valence-corrected chi connectivity index (χ2v) is 7.44. The Morgan fingerprint density at radius 3 is 2.08 bits per heavy atom. The lowest BCUT2D eigenvalue weighted by Crippen LogP contribution is -2.17. The van der Waals surface area contributed by atoms with Gasteiger partial charge in [-0.05, 0) is 18.2 Å². The highest BCUT2D eigenvalue weighted by molar-refractivity contribution is 6.00. The number of halogens is 6. The van der Waals surface area contributed by atoms with Crippen LogP contribution in [0.5, 0.6) is 0 Å². The fourth-order valence-corrected chi connectivity index (χ4v) is 3.31. The van der Waals surface area contributed by atoms with Gasteiger partial charge in [-0.1, -0.05) is 55.1 Å². The minimum Gasteiger partial charge on any atom is -0.365 e. The number of carbonyl (C=O) groups excluding carboxylic acids is 1. The van der Waals surface area contributed by atoms with Gasteiger partial charge in [-0.3, -0.25) is 4.79 Å². The molecule has 2 aromatic carbocycles. The molecule has 1 aromatic heterocycles. The van der Waals surface area contributed by atoms with Crippen LogP contribution in [-0.2, 0) is 0 Å². The lowest BCUT2D eigenvalue weighted by atomic mass is 10.0. The number of amides is 1.